The number of aromatic nitrogens is 1. The number of hydrogen-bond acceptors (Lipinski definition) is 5. The second-order valence-corrected chi connectivity index (χ2v) is 2.97. The average Bonchev–Trinajstić information content (AvgIpc) is 2.09. The normalized spacial score (nSPS) is 9.08. The average molecular weight is 222 g/mol. The van der Waals surface area contributed by atoms with Gasteiger partial charge in [-0.3, -0.25) is 0 Å². The van der Waals surface area contributed by atoms with Gasteiger partial charge in [-0.25, -0.2) is 4.98 Å². The number of thioether (sulfide) groups is 1. The minimum absolute atomic E-state index is 0. The quantitative estimate of drug-likeness (QED) is 0.739. The van der Waals surface area contributed by atoms with Gasteiger partial charge in [-0.2, -0.15) is 0 Å². The molecule has 4 nitrogen and oxygen atoms in total. The fourth-order valence-corrected chi connectivity index (χ4v) is 1.33. The Bertz CT molecular complexity index is 266. The van der Waals surface area contributed by atoms with Gasteiger partial charge in [0.2, 0.25) is 0 Å². The van der Waals surface area contributed by atoms with E-state index >= 15 is 0 Å². The van der Waals surface area contributed by atoms with E-state index in [0.717, 1.165) is 5.03 Å². The smallest absolute Gasteiger partial charge is 0.153 e. The number of halogens is 1. The Morgan fingerprint density at radius 1 is 1.46 bits per heavy atom. The summed E-state index contributed by atoms with van der Waals surface area (Å²) in [5.74, 6) is 1.01. The number of nitrogen functional groups attached to an aromatic ring is 2. The zero-order valence-electron chi connectivity index (χ0n) is 7.40. The van der Waals surface area contributed by atoms with Crippen LogP contribution in [0, 0.1) is 0 Å². The van der Waals surface area contributed by atoms with Crippen LogP contribution in [0.4, 0.5) is 11.5 Å². The highest BCUT2D eigenvalue weighted by Gasteiger charge is 2.06. The number of nitrogens with two attached hydrogens (primary N) is 2. The lowest BCUT2D eigenvalue weighted by atomic mass is 10.4. The molecular formula is C7H12ClN3OS. The van der Waals surface area contributed by atoms with Crippen LogP contribution in [0.1, 0.15) is 0 Å². The number of methoxy groups -OCH3 is 1. The van der Waals surface area contributed by atoms with E-state index < -0.39 is 0 Å². The van der Waals surface area contributed by atoms with E-state index in [2.05, 4.69) is 4.98 Å². The molecule has 0 aliphatic carbocycles. The molecule has 0 bridgehead atoms. The molecule has 1 aromatic rings. The molecule has 4 N–H and O–H groups in total. The summed E-state index contributed by atoms with van der Waals surface area (Å²) in [6.07, 6.45) is 1.90. The van der Waals surface area contributed by atoms with Gasteiger partial charge >= 0.3 is 0 Å². The molecule has 0 spiro atoms. The molecule has 0 aliphatic heterocycles. The van der Waals surface area contributed by atoms with Crippen LogP contribution in [0.3, 0.4) is 0 Å². The molecule has 0 unspecified atom stereocenters. The van der Waals surface area contributed by atoms with Gasteiger partial charge in [0.25, 0.3) is 0 Å². The molecule has 0 fully saturated rings. The van der Waals surface area contributed by atoms with Gasteiger partial charge in [0, 0.05) is 6.07 Å². The van der Waals surface area contributed by atoms with Crippen LogP contribution in [-0.4, -0.2) is 18.3 Å². The maximum Gasteiger partial charge on any atom is 0.153 e. The van der Waals surface area contributed by atoms with Crippen molar-refractivity contribution in [2.75, 3.05) is 24.8 Å². The van der Waals surface area contributed by atoms with E-state index in [4.69, 9.17) is 16.2 Å². The number of nitrogens with zero attached hydrogens (tertiary/aromatic N) is 1. The summed E-state index contributed by atoms with van der Waals surface area (Å²) in [4.78, 5) is 4.05. The molecule has 0 saturated heterocycles. The van der Waals surface area contributed by atoms with Crippen LogP contribution < -0.4 is 16.2 Å². The summed E-state index contributed by atoms with van der Waals surface area (Å²) in [7, 11) is 1.58. The lowest BCUT2D eigenvalue weighted by Crippen LogP contribution is -2.00. The number of rotatable bonds is 2. The molecule has 0 amide bonds. The molecular weight excluding hydrogens is 210 g/mol. The molecule has 1 rings (SSSR count). The van der Waals surface area contributed by atoms with Gasteiger partial charge in [0.15, 0.2) is 5.75 Å². The van der Waals surface area contributed by atoms with E-state index in [9.17, 15) is 0 Å². The van der Waals surface area contributed by atoms with Crippen molar-refractivity contribution in [3.05, 3.63) is 6.07 Å². The van der Waals surface area contributed by atoms with Gasteiger partial charge < -0.3 is 16.2 Å². The Labute approximate surface area is 87.5 Å². The Morgan fingerprint density at radius 3 is 2.54 bits per heavy atom. The summed E-state index contributed by atoms with van der Waals surface area (Å²) < 4.78 is 5.05. The molecule has 0 aliphatic rings. The van der Waals surface area contributed by atoms with Crippen LogP contribution >= 0.6 is 24.2 Å². The molecule has 0 atom stereocenters. The standard InChI is InChI=1S/C7H11N3OS.ClH/c1-11-5-3-4(8)6(9)10-7(5)12-2;/h3H,8H2,1-2H3,(H2,9,10);1H. The second kappa shape index (κ2) is 5.04. The number of anilines is 2. The van der Waals surface area contributed by atoms with Crippen LogP contribution in [0.2, 0.25) is 0 Å². The lowest BCUT2D eigenvalue weighted by molar-refractivity contribution is 0.401. The molecule has 1 aromatic heterocycles. The van der Waals surface area contributed by atoms with Crippen molar-refractivity contribution in [3.63, 3.8) is 0 Å². The van der Waals surface area contributed by atoms with E-state index in [1.165, 1.54) is 11.8 Å². The molecule has 0 aromatic carbocycles. The van der Waals surface area contributed by atoms with Gasteiger partial charge in [0.1, 0.15) is 10.8 Å². The highest BCUT2D eigenvalue weighted by Crippen LogP contribution is 2.29. The molecule has 13 heavy (non-hydrogen) atoms. The SMILES string of the molecule is COc1cc(N)c(N)nc1SC.Cl. The van der Waals surface area contributed by atoms with E-state index in [-0.39, 0.29) is 12.4 Å². The topological polar surface area (TPSA) is 74.2 Å². The third-order valence-corrected chi connectivity index (χ3v) is 2.11. The van der Waals surface area contributed by atoms with E-state index in [1.807, 2.05) is 6.26 Å². The van der Waals surface area contributed by atoms with Crippen LogP contribution in [0.15, 0.2) is 11.1 Å². The highest BCUT2D eigenvalue weighted by atomic mass is 35.5. The minimum atomic E-state index is 0. The first-order valence-electron chi connectivity index (χ1n) is 3.33. The summed E-state index contributed by atoms with van der Waals surface area (Å²) in [6.45, 7) is 0. The lowest BCUT2D eigenvalue weighted by Gasteiger charge is -2.07. The van der Waals surface area contributed by atoms with Gasteiger partial charge in [0.05, 0.1) is 12.8 Å². The molecule has 74 valence electrons. The Balaban J connectivity index is 0.00000144. The van der Waals surface area contributed by atoms with Crippen molar-refractivity contribution in [2.45, 2.75) is 5.03 Å². The van der Waals surface area contributed by atoms with Crippen molar-refractivity contribution in [1.82, 2.24) is 4.98 Å². The van der Waals surface area contributed by atoms with Crippen LogP contribution in [-0.2, 0) is 0 Å². The van der Waals surface area contributed by atoms with Gasteiger partial charge in [-0.05, 0) is 6.26 Å². The zero-order chi connectivity index (χ0) is 9.14. The minimum Gasteiger partial charge on any atom is -0.494 e. The van der Waals surface area contributed by atoms with Gasteiger partial charge in [-0.15, -0.1) is 24.2 Å². The van der Waals surface area contributed by atoms with Crippen molar-refractivity contribution in [3.8, 4) is 5.75 Å². The monoisotopic (exact) mass is 221 g/mol. The molecule has 0 saturated carbocycles. The molecule has 1 heterocycles. The second-order valence-electron chi connectivity index (χ2n) is 2.17. The number of hydrogen-bond donors (Lipinski definition) is 2. The summed E-state index contributed by atoms with van der Waals surface area (Å²) in [6, 6.07) is 1.67. The van der Waals surface area contributed by atoms with Crippen molar-refractivity contribution < 1.29 is 4.74 Å². The third-order valence-electron chi connectivity index (χ3n) is 1.43. The molecule has 0 radical (unpaired) electrons. The highest BCUT2D eigenvalue weighted by molar-refractivity contribution is 7.98. The Kier molecular flexibility index (Phi) is 4.72. The summed E-state index contributed by atoms with van der Waals surface area (Å²) in [5.41, 5.74) is 11.5. The number of ether oxygens (including phenoxy) is 1. The first-order chi connectivity index (χ1) is 5.69. The summed E-state index contributed by atoms with van der Waals surface area (Å²) >= 11 is 1.47. The largest absolute Gasteiger partial charge is 0.494 e. The number of pyridine rings is 1. The summed E-state index contributed by atoms with van der Waals surface area (Å²) in [5, 5.41) is 0.754. The van der Waals surface area contributed by atoms with Crippen LogP contribution in [0.5, 0.6) is 5.75 Å². The maximum atomic E-state index is 5.54. The molecule has 6 heteroatoms. The van der Waals surface area contributed by atoms with Gasteiger partial charge in [-0.1, -0.05) is 0 Å². The Hall–Kier alpha value is -0.810. The van der Waals surface area contributed by atoms with E-state index in [0.29, 0.717) is 17.3 Å². The predicted octanol–water partition coefficient (Wildman–Crippen LogP) is 1.40. The fraction of sp³-hybridized carbons (Fsp3) is 0.286. The van der Waals surface area contributed by atoms with Crippen molar-refractivity contribution in [2.24, 2.45) is 0 Å². The third kappa shape index (κ3) is 2.57. The predicted molar refractivity (Wildman–Crippen MR) is 58.6 cm³/mol. The van der Waals surface area contributed by atoms with E-state index in [1.54, 1.807) is 13.2 Å². The van der Waals surface area contributed by atoms with Crippen LogP contribution in [0.25, 0.3) is 0 Å². The van der Waals surface area contributed by atoms with Crippen molar-refractivity contribution in [1.29, 1.82) is 0 Å². The fourth-order valence-electron chi connectivity index (χ4n) is 0.798. The Morgan fingerprint density at radius 2 is 2.08 bits per heavy atom. The first-order valence-corrected chi connectivity index (χ1v) is 4.55. The first kappa shape index (κ1) is 12.2. The maximum absolute atomic E-state index is 5.54. The zero-order valence-corrected chi connectivity index (χ0v) is 9.04. The van der Waals surface area contributed by atoms with Crippen molar-refractivity contribution >= 4 is 35.7 Å².